The zero-order chi connectivity index (χ0) is 19.6. The van der Waals surface area contributed by atoms with Crippen molar-refractivity contribution in [2.24, 2.45) is 0 Å². The summed E-state index contributed by atoms with van der Waals surface area (Å²) in [7, 11) is 0. The predicted octanol–water partition coefficient (Wildman–Crippen LogP) is 0.764. The highest BCUT2D eigenvalue weighted by Crippen LogP contribution is 2.25. The summed E-state index contributed by atoms with van der Waals surface area (Å²) >= 11 is 1.23. The summed E-state index contributed by atoms with van der Waals surface area (Å²) in [5.74, 6) is 1.20. The Balaban J connectivity index is 1.66. The fraction of sp³-hybridized carbons (Fsp3) is 0.529. The topological polar surface area (TPSA) is 126 Å². The number of hydrogen-bond donors (Lipinski definition) is 3. The first-order valence-corrected chi connectivity index (χ1v) is 9.54. The molecule has 9 nitrogen and oxygen atoms in total. The molecule has 2 aromatic heterocycles. The molecule has 2 aromatic rings. The number of rotatable bonds is 6. The molecule has 3 rings (SSSR count). The molecule has 146 valence electrons. The van der Waals surface area contributed by atoms with Crippen LogP contribution in [0.3, 0.4) is 0 Å². The SMILES string of the molecule is Cc1ccc(CN2CCNC(=O)C2CC(=O)NC(C)(C)c2nnc(N)s2)o1. The van der Waals surface area contributed by atoms with Gasteiger partial charge >= 0.3 is 0 Å². The van der Waals surface area contributed by atoms with Crippen LogP contribution >= 0.6 is 11.3 Å². The van der Waals surface area contributed by atoms with Gasteiger partial charge in [0.2, 0.25) is 16.9 Å². The number of piperazine rings is 1. The molecular formula is C17H24N6O3S. The van der Waals surface area contributed by atoms with E-state index in [9.17, 15) is 9.59 Å². The van der Waals surface area contributed by atoms with Gasteiger partial charge in [-0.1, -0.05) is 11.3 Å². The van der Waals surface area contributed by atoms with E-state index in [-0.39, 0.29) is 18.2 Å². The van der Waals surface area contributed by atoms with Gasteiger partial charge in [0.25, 0.3) is 0 Å². The number of amides is 2. The minimum atomic E-state index is -0.722. The number of aromatic nitrogens is 2. The maximum atomic E-state index is 12.6. The van der Waals surface area contributed by atoms with Gasteiger partial charge in [0, 0.05) is 13.1 Å². The van der Waals surface area contributed by atoms with E-state index in [1.165, 1.54) is 11.3 Å². The van der Waals surface area contributed by atoms with Crippen molar-refractivity contribution in [3.05, 3.63) is 28.7 Å². The van der Waals surface area contributed by atoms with Gasteiger partial charge in [0.1, 0.15) is 16.5 Å². The van der Waals surface area contributed by atoms with Crippen LogP contribution in [0.5, 0.6) is 0 Å². The standard InChI is InChI=1S/C17H24N6O3S/c1-10-4-5-11(26-10)9-23-7-6-19-14(25)12(23)8-13(24)20-17(2,3)15-21-22-16(18)27-15/h4-5,12H,6-9H2,1-3H3,(H2,18,22)(H,19,25)(H,20,24). The Bertz CT molecular complexity index is 830. The predicted molar refractivity (Wildman–Crippen MR) is 101 cm³/mol. The monoisotopic (exact) mass is 392 g/mol. The molecule has 0 aliphatic carbocycles. The molecule has 1 fully saturated rings. The fourth-order valence-corrected chi connectivity index (χ4v) is 3.73. The highest BCUT2D eigenvalue weighted by atomic mass is 32.1. The van der Waals surface area contributed by atoms with E-state index in [1.807, 2.05) is 37.8 Å². The van der Waals surface area contributed by atoms with Crippen molar-refractivity contribution in [2.75, 3.05) is 18.8 Å². The highest BCUT2D eigenvalue weighted by molar-refractivity contribution is 7.15. The molecule has 0 saturated carbocycles. The number of nitrogens with one attached hydrogen (secondary N) is 2. The van der Waals surface area contributed by atoms with Crippen LogP contribution in [0, 0.1) is 6.92 Å². The molecule has 0 bridgehead atoms. The Morgan fingerprint density at radius 2 is 2.26 bits per heavy atom. The average Bonchev–Trinajstić information content (AvgIpc) is 3.19. The Hall–Kier alpha value is -2.46. The van der Waals surface area contributed by atoms with Crippen LogP contribution in [0.2, 0.25) is 0 Å². The summed E-state index contributed by atoms with van der Waals surface area (Å²) in [4.78, 5) is 27.0. The van der Waals surface area contributed by atoms with E-state index >= 15 is 0 Å². The summed E-state index contributed by atoms with van der Waals surface area (Å²) in [5, 5.41) is 14.5. The molecule has 2 amide bonds. The number of carbonyl (C=O) groups is 2. The molecule has 0 spiro atoms. The van der Waals surface area contributed by atoms with Crippen molar-refractivity contribution in [2.45, 2.75) is 45.3 Å². The number of furan rings is 1. The molecule has 1 atom stereocenters. The van der Waals surface area contributed by atoms with Crippen molar-refractivity contribution in [1.82, 2.24) is 25.7 Å². The quantitative estimate of drug-likeness (QED) is 0.662. The van der Waals surface area contributed by atoms with Crippen LogP contribution in [0.1, 0.15) is 36.8 Å². The van der Waals surface area contributed by atoms with Gasteiger partial charge in [0.05, 0.1) is 24.5 Å². The second-order valence-electron chi connectivity index (χ2n) is 7.11. The van der Waals surface area contributed by atoms with E-state index < -0.39 is 11.6 Å². The van der Waals surface area contributed by atoms with E-state index in [0.29, 0.717) is 29.8 Å². The smallest absolute Gasteiger partial charge is 0.237 e. The molecular weight excluding hydrogens is 368 g/mol. The normalized spacial score (nSPS) is 18.3. The first-order valence-electron chi connectivity index (χ1n) is 8.72. The molecule has 3 heterocycles. The van der Waals surface area contributed by atoms with Crippen LogP contribution in [0.4, 0.5) is 5.13 Å². The third-order valence-corrected chi connectivity index (χ3v) is 5.48. The Kier molecular flexibility index (Phi) is 5.47. The van der Waals surface area contributed by atoms with Crippen LogP contribution in [0.25, 0.3) is 0 Å². The number of anilines is 1. The van der Waals surface area contributed by atoms with Crippen LogP contribution < -0.4 is 16.4 Å². The second kappa shape index (κ2) is 7.65. The van der Waals surface area contributed by atoms with Gasteiger partial charge in [-0.05, 0) is 32.9 Å². The third kappa shape index (κ3) is 4.64. The lowest BCUT2D eigenvalue weighted by molar-refractivity contribution is -0.135. The van der Waals surface area contributed by atoms with E-state index in [2.05, 4.69) is 20.8 Å². The Labute approximate surface area is 161 Å². The lowest BCUT2D eigenvalue weighted by Crippen LogP contribution is -2.56. The van der Waals surface area contributed by atoms with Crippen LogP contribution in [0.15, 0.2) is 16.5 Å². The molecule has 1 unspecified atom stereocenters. The third-order valence-electron chi connectivity index (χ3n) is 4.40. The Morgan fingerprint density at radius 3 is 2.89 bits per heavy atom. The highest BCUT2D eigenvalue weighted by Gasteiger charge is 2.34. The molecule has 0 radical (unpaired) electrons. The molecule has 1 saturated heterocycles. The Morgan fingerprint density at radius 1 is 1.48 bits per heavy atom. The van der Waals surface area contributed by atoms with Crippen molar-refractivity contribution in [3.8, 4) is 0 Å². The maximum absolute atomic E-state index is 12.6. The number of nitrogens with zero attached hydrogens (tertiary/aromatic N) is 3. The average molecular weight is 392 g/mol. The van der Waals surface area contributed by atoms with E-state index in [0.717, 1.165) is 11.5 Å². The van der Waals surface area contributed by atoms with Gasteiger partial charge in [-0.25, -0.2) is 0 Å². The van der Waals surface area contributed by atoms with Crippen molar-refractivity contribution in [3.63, 3.8) is 0 Å². The minimum Gasteiger partial charge on any atom is -0.465 e. The zero-order valence-corrected chi connectivity index (χ0v) is 16.4. The van der Waals surface area contributed by atoms with Gasteiger partial charge in [-0.15, -0.1) is 10.2 Å². The summed E-state index contributed by atoms with van der Waals surface area (Å²) in [6.07, 6.45) is 0.0449. The minimum absolute atomic E-state index is 0.0449. The van der Waals surface area contributed by atoms with Gasteiger partial charge in [0.15, 0.2) is 0 Å². The van der Waals surface area contributed by atoms with Crippen molar-refractivity contribution < 1.29 is 14.0 Å². The number of carbonyl (C=O) groups excluding carboxylic acids is 2. The van der Waals surface area contributed by atoms with Crippen LogP contribution in [-0.2, 0) is 21.7 Å². The lowest BCUT2D eigenvalue weighted by Gasteiger charge is -2.34. The van der Waals surface area contributed by atoms with Gasteiger partial charge in [-0.2, -0.15) is 0 Å². The van der Waals surface area contributed by atoms with E-state index in [4.69, 9.17) is 10.2 Å². The summed E-state index contributed by atoms with van der Waals surface area (Å²) in [5.41, 5.74) is 4.91. The van der Waals surface area contributed by atoms with Crippen molar-refractivity contribution in [1.29, 1.82) is 0 Å². The lowest BCUT2D eigenvalue weighted by atomic mass is 10.0. The number of nitrogen functional groups attached to an aromatic ring is 1. The zero-order valence-electron chi connectivity index (χ0n) is 15.6. The first-order chi connectivity index (χ1) is 12.7. The maximum Gasteiger partial charge on any atom is 0.237 e. The molecule has 1 aliphatic heterocycles. The second-order valence-corrected chi connectivity index (χ2v) is 8.12. The molecule has 1 aliphatic rings. The van der Waals surface area contributed by atoms with Crippen molar-refractivity contribution >= 4 is 28.3 Å². The summed E-state index contributed by atoms with van der Waals surface area (Å²) in [6, 6.07) is 3.22. The summed E-state index contributed by atoms with van der Waals surface area (Å²) < 4.78 is 5.62. The summed E-state index contributed by atoms with van der Waals surface area (Å²) in [6.45, 7) is 7.21. The number of hydrogen-bond acceptors (Lipinski definition) is 8. The number of nitrogens with two attached hydrogens (primary N) is 1. The number of aryl methyl sites for hydroxylation is 1. The van der Waals surface area contributed by atoms with E-state index in [1.54, 1.807) is 0 Å². The van der Waals surface area contributed by atoms with Gasteiger partial charge < -0.3 is 20.8 Å². The van der Waals surface area contributed by atoms with Crippen LogP contribution in [-0.4, -0.2) is 46.0 Å². The molecule has 4 N–H and O–H groups in total. The molecule has 10 heteroatoms. The van der Waals surface area contributed by atoms with Gasteiger partial charge in [-0.3, -0.25) is 14.5 Å². The molecule has 27 heavy (non-hydrogen) atoms. The molecule has 0 aromatic carbocycles. The largest absolute Gasteiger partial charge is 0.465 e. The fourth-order valence-electron chi connectivity index (χ4n) is 3.06. The first kappa shape index (κ1) is 19.3.